The number of rotatable bonds is 7. The van der Waals surface area contributed by atoms with Crippen molar-refractivity contribution in [2.75, 3.05) is 11.9 Å². The lowest BCUT2D eigenvalue weighted by atomic mass is 10.1. The third-order valence-electron chi connectivity index (χ3n) is 3.20. The second-order valence-electron chi connectivity index (χ2n) is 5.25. The van der Waals surface area contributed by atoms with Gasteiger partial charge in [-0.1, -0.05) is 30.7 Å². The van der Waals surface area contributed by atoms with Gasteiger partial charge >= 0.3 is 0 Å². The van der Waals surface area contributed by atoms with Crippen molar-refractivity contribution in [3.05, 3.63) is 59.1 Å². The van der Waals surface area contributed by atoms with Crippen LogP contribution in [0.3, 0.4) is 0 Å². The van der Waals surface area contributed by atoms with Crippen LogP contribution in [0, 0.1) is 0 Å². The van der Waals surface area contributed by atoms with Gasteiger partial charge in [0.15, 0.2) is 0 Å². The number of benzene rings is 2. The molecule has 0 heterocycles. The van der Waals surface area contributed by atoms with Crippen LogP contribution in [0.1, 0.15) is 25.8 Å². The zero-order valence-corrected chi connectivity index (χ0v) is 13.4. The molecule has 0 fully saturated rings. The average molecular weight is 304 g/mol. The van der Waals surface area contributed by atoms with Gasteiger partial charge in [0.25, 0.3) is 0 Å². The van der Waals surface area contributed by atoms with Crippen molar-refractivity contribution >= 4 is 17.3 Å². The van der Waals surface area contributed by atoms with Crippen LogP contribution in [-0.4, -0.2) is 12.6 Å². The molecule has 1 atom stereocenters. The van der Waals surface area contributed by atoms with E-state index in [1.807, 2.05) is 24.3 Å². The molecule has 0 amide bonds. The predicted octanol–water partition coefficient (Wildman–Crippen LogP) is 5.17. The number of hydrogen-bond donors (Lipinski definition) is 1. The first-order chi connectivity index (χ1) is 10.2. The monoisotopic (exact) mass is 303 g/mol. The highest BCUT2D eigenvalue weighted by atomic mass is 35.5. The summed E-state index contributed by atoms with van der Waals surface area (Å²) in [6, 6.07) is 16.5. The summed E-state index contributed by atoms with van der Waals surface area (Å²) in [5.74, 6) is 0.924. The van der Waals surface area contributed by atoms with Gasteiger partial charge in [-0.25, -0.2) is 0 Å². The van der Waals surface area contributed by atoms with Crippen molar-refractivity contribution < 1.29 is 4.74 Å². The van der Waals surface area contributed by atoms with E-state index in [0.717, 1.165) is 35.9 Å². The Bertz CT molecular complexity index is 536. The zero-order valence-electron chi connectivity index (χ0n) is 12.6. The Balaban J connectivity index is 1.87. The zero-order chi connectivity index (χ0) is 15.1. The number of nitrogens with one attached hydrogen (secondary N) is 1. The molecule has 0 saturated heterocycles. The maximum Gasteiger partial charge on any atom is 0.119 e. The van der Waals surface area contributed by atoms with Gasteiger partial charge in [0.1, 0.15) is 5.75 Å². The summed E-state index contributed by atoms with van der Waals surface area (Å²) in [5.41, 5.74) is 2.39. The minimum atomic E-state index is 0.355. The van der Waals surface area contributed by atoms with Crippen LogP contribution in [0.15, 0.2) is 48.5 Å². The Hall–Kier alpha value is -1.67. The van der Waals surface area contributed by atoms with E-state index in [-0.39, 0.29) is 0 Å². The Morgan fingerprint density at radius 1 is 1.05 bits per heavy atom. The smallest absolute Gasteiger partial charge is 0.119 e. The van der Waals surface area contributed by atoms with Gasteiger partial charge < -0.3 is 10.1 Å². The first-order valence-electron chi connectivity index (χ1n) is 7.41. The Labute approximate surface area is 132 Å². The van der Waals surface area contributed by atoms with E-state index >= 15 is 0 Å². The second kappa shape index (κ2) is 7.94. The first-order valence-corrected chi connectivity index (χ1v) is 7.79. The van der Waals surface area contributed by atoms with E-state index in [1.54, 1.807) is 0 Å². The molecule has 0 saturated carbocycles. The van der Waals surface area contributed by atoms with Crippen LogP contribution in [0.2, 0.25) is 5.02 Å². The summed E-state index contributed by atoms with van der Waals surface area (Å²) >= 11 is 5.90. The molecule has 2 rings (SSSR count). The molecule has 0 spiro atoms. The van der Waals surface area contributed by atoms with Crippen molar-refractivity contribution in [2.45, 2.75) is 32.7 Å². The highest BCUT2D eigenvalue weighted by Gasteiger charge is 2.04. The van der Waals surface area contributed by atoms with Gasteiger partial charge in [0.2, 0.25) is 0 Å². The van der Waals surface area contributed by atoms with Crippen molar-refractivity contribution in [3.63, 3.8) is 0 Å². The standard InChI is InChI=1S/C18H22ClNO/c1-3-12-21-18-10-8-17(9-11-18)20-14(2)13-15-4-6-16(19)7-5-15/h4-11,14,20H,3,12-13H2,1-2H3. The largest absolute Gasteiger partial charge is 0.494 e. The first kappa shape index (κ1) is 15.7. The molecule has 0 aliphatic carbocycles. The van der Waals surface area contributed by atoms with Crippen LogP contribution in [0.4, 0.5) is 5.69 Å². The molecular formula is C18H22ClNO. The molecule has 21 heavy (non-hydrogen) atoms. The highest BCUT2D eigenvalue weighted by Crippen LogP contribution is 2.18. The molecule has 0 radical (unpaired) electrons. The van der Waals surface area contributed by atoms with Gasteiger partial charge in [-0.2, -0.15) is 0 Å². The maximum atomic E-state index is 5.90. The van der Waals surface area contributed by atoms with Gasteiger partial charge in [0, 0.05) is 16.8 Å². The Kier molecular flexibility index (Phi) is 5.94. The molecule has 0 bridgehead atoms. The van der Waals surface area contributed by atoms with E-state index in [1.165, 1.54) is 5.56 Å². The van der Waals surface area contributed by atoms with E-state index < -0.39 is 0 Å². The number of halogens is 1. The molecule has 1 N–H and O–H groups in total. The lowest BCUT2D eigenvalue weighted by Crippen LogP contribution is -2.17. The van der Waals surface area contributed by atoms with Crippen molar-refractivity contribution in [1.82, 2.24) is 0 Å². The van der Waals surface area contributed by atoms with Gasteiger partial charge in [-0.3, -0.25) is 0 Å². The fraction of sp³-hybridized carbons (Fsp3) is 0.333. The normalized spacial score (nSPS) is 12.0. The highest BCUT2D eigenvalue weighted by molar-refractivity contribution is 6.30. The minimum absolute atomic E-state index is 0.355. The van der Waals surface area contributed by atoms with E-state index in [2.05, 4.69) is 43.4 Å². The van der Waals surface area contributed by atoms with E-state index in [0.29, 0.717) is 6.04 Å². The summed E-state index contributed by atoms with van der Waals surface area (Å²) in [6.07, 6.45) is 1.99. The van der Waals surface area contributed by atoms with Gasteiger partial charge in [-0.15, -0.1) is 0 Å². The molecule has 2 aromatic rings. The van der Waals surface area contributed by atoms with Crippen LogP contribution >= 0.6 is 11.6 Å². The molecule has 0 aromatic heterocycles. The molecule has 2 nitrogen and oxygen atoms in total. The lowest BCUT2D eigenvalue weighted by molar-refractivity contribution is 0.317. The molecule has 0 aliphatic heterocycles. The SMILES string of the molecule is CCCOc1ccc(NC(C)Cc2ccc(Cl)cc2)cc1. The maximum absolute atomic E-state index is 5.90. The van der Waals surface area contributed by atoms with Crippen LogP contribution < -0.4 is 10.1 Å². The molecule has 2 aromatic carbocycles. The molecule has 1 unspecified atom stereocenters. The topological polar surface area (TPSA) is 21.3 Å². The van der Waals surface area contributed by atoms with Crippen LogP contribution in [0.25, 0.3) is 0 Å². The summed E-state index contributed by atoms with van der Waals surface area (Å²) < 4.78 is 5.58. The molecule has 0 aliphatic rings. The quantitative estimate of drug-likeness (QED) is 0.761. The summed E-state index contributed by atoms with van der Waals surface area (Å²) in [7, 11) is 0. The number of hydrogen-bond acceptors (Lipinski definition) is 2. The number of anilines is 1. The van der Waals surface area contributed by atoms with Gasteiger partial charge in [0.05, 0.1) is 6.61 Å². The molecule has 112 valence electrons. The Morgan fingerprint density at radius 2 is 1.71 bits per heavy atom. The predicted molar refractivity (Wildman–Crippen MR) is 90.5 cm³/mol. The van der Waals surface area contributed by atoms with Crippen molar-refractivity contribution in [2.24, 2.45) is 0 Å². The van der Waals surface area contributed by atoms with Crippen LogP contribution in [-0.2, 0) is 6.42 Å². The summed E-state index contributed by atoms with van der Waals surface area (Å²) in [4.78, 5) is 0. The minimum Gasteiger partial charge on any atom is -0.494 e. The average Bonchev–Trinajstić information content (AvgIpc) is 2.49. The van der Waals surface area contributed by atoms with Crippen molar-refractivity contribution in [3.8, 4) is 5.75 Å². The fourth-order valence-electron chi connectivity index (χ4n) is 2.18. The summed E-state index contributed by atoms with van der Waals surface area (Å²) in [5, 5.41) is 4.28. The molecular weight excluding hydrogens is 282 g/mol. The Morgan fingerprint density at radius 3 is 2.33 bits per heavy atom. The van der Waals surface area contributed by atoms with Crippen molar-refractivity contribution in [1.29, 1.82) is 0 Å². The third-order valence-corrected chi connectivity index (χ3v) is 3.45. The van der Waals surface area contributed by atoms with E-state index in [9.17, 15) is 0 Å². The van der Waals surface area contributed by atoms with Gasteiger partial charge in [-0.05, 0) is 61.7 Å². The van der Waals surface area contributed by atoms with Crippen LogP contribution in [0.5, 0.6) is 5.75 Å². The molecule has 3 heteroatoms. The summed E-state index contributed by atoms with van der Waals surface area (Å²) in [6.45, 7) is 5.05. The number of ether oxygens (including phenoxy) is 1. The second-order valence-corrected chi connectivity index (χ2v) is 5.69. The van der Waals surface area contributed by atoms with E-state index in [4.69, 9.17) is 16.3 Å². The third kappa shape index (κ3) is 5.31. The fourth-order valence-corrected chi connectivity index (χ4v) is 2.30. The lowest BCUT2D eigenvalue weighted by Gasteiger charge is -2.16.